The predicted molar refractivity (Wildman–Crippen MR) is 105 cm³/mol. The molecule has 1 aromatic heterocycles. The molecule has 0 saturated carbocycles. The van der Waals surface area contributed by atoms with Gasteiger partial charge in [0.1, 0.15) is 18.1 Å². The minimum absolute atomic E-state index is 0.125. The van der Waals surface area contributed by atoms with Crippen molar-refractivity contribution in [3.8, 4) is 17.2 Å². The van der Waals surface area contributed by atoms with Crippen LogP contribution in [0, 0.1) is 0 Å². The van der Waals surface area contributed by atoms with Crippen LogP contribution in [0.5, 0.6) is 17.2 Å². The highest BCUT2D eigenvalue weighted by atomic mass is 19.4. The van der Waals surface area contributed by atoms with Crippen LogP contribution in [-0.2, 0) is 13.0 Å². The van der Waals surface area contributed by atoms with Gasteiger partial charge in [0.25, 0.3) is 5.91 Å². The van der Waals surface area contributed by atoms with Crippen LogP contribution in [-0.4, -0.2) is 25.9 Å². The van der Waals surface area contributed by atoms with E-state index < -0.39 is 12.3 Å². The van der Waals surface area contributed by atoms with Crippen LogP contribution in [0.2, 0.25) is 0 Å². The summed E-state index contributed by atoms with van der Waals surface area (Å²) in [7, 11) is 1.54. The van der Waals surface area contributed by atoms with Gasteiger partial charge in [-0.25, -0.2) is 0 Å². The van der Waals surface area contributed by atoms with Crippen LogP contribution >= 0.6 is 0 Å². The lowest BCUT2D eigenvalue weighted by Crippen LogP contribution is -2.25. The van der Waals surface area contributed by atoms with Crippen LogP contribution in [0.25, 0.3) is 0 Å². The molecule has 0 bridgehead atoms. The fourth-order valence-corrected chi connectivity index (χ4v) is 2.73. The molecule has 3 aromatic rings. The van der Waals surface area contributed by atoms with Gasteiger partial charge in [-0.05, 0) is 48.4 Å². The van der Waals surface area contributed by atoms with Crippen molar-refractivity contribution in [2.75, 3.05) is 13.7 Å². The second-order valence-electron chi connectivity index (χ2n) is 6.40. The van der Waals surface area contributed by atoms with E-state index in [1.165, 1.54) is 24.3 Å². The number of hydrogen-bond donors (Lipinski definition) is 1. The Labute approximate surface area is 176 Å². The van der Waals surface area contributed by atoms with Crippen molar-refractivity contribution in [2.24, 2.45) is 0 Å². The summed E-state index contributed by atoms with van der Waals surface area (Å²) in [5.74, 6) is 1.05. The number of alkyl halides is 3. The molecule has 0 radical (unpaired) electrons. The third-order valence-electron chi connectivity index (χ3n) is 4.18. The molecule has 164 valence electrons. The lowest BCUT2D eigenvalue weighted by Gasteiger charge is -2.09. The summed E-state index contributed by atoms with van der Waals surface area (Å²) in [4.78, 5) is 12.2. The van der Waals surface area contributed by atoms with Gasteiger partial charge in [-0.15, -0.1) is 13.2 Å². The average Bonchev–Trinajstić information content (AvgIpc) is 3.22. The number of furan rings is 1. The first-order valence-electron chi connectivity index (χ1n) is 9.31. The Hall–Kier alpha value is -3.62. The van der Waals surface area contributed by atoms with E-state index in [9.17, 15) is 18.0 Å². The Balaban J connectivity index is 1.45. The molecule has 3 rings (SSSR count). The topological polar surface area (TPSA) is 69.9 Å². The Morgan fingerprint density at radius 2 is 1.71 bits per heavy atom. The molecule has 1 N–H and O–H groups in total. The maximum absolute atomic E-state index is 12.2. The summed E-state index contributed by atoms with van der Waals surface area (Å²) < 4.78 is 56.7. The van der Waals surface area contributed by atoms with Gasteiger partial charge in [-0.2, -0.15) is 0 Å². The maximum Gasteiger partial charge on any atom is 0.573 e. The van der Waals surface area contributed by atoms with E-state index in [0.717, 1.165) is 5.56 Å². The molecule has 6 nitrogen and oxygen atoms in total. The number of hydrogen-bond acceptors (Lipinski definition) is 5. The van der Waals surface area contributed by atoms with Gasteiger partial charge >= 0.3 is 6.36 Å². The van der Waals surface area contributed by atoms with Gasteiger partial charge in [-0.3, -0.25) is 4.79 Å². The second kappa shape index (κ2) is 9.92. The predicted octanol–water partition coefficient (Wildman–Crippen LogP) is 4.74. The van der Waals surface area contributed by atoms with Gasteiger partial charge in [0.05, 0.1) is 7.11 Å². The number of nitrogens with one attached hydrogen (secondary N) is 1. The summed E-state index contributed by atoms with van der Waals surface area (Å²) in [6.07, 6.45) is -4.29. The molecule has 31 heavy (non-hydrogen) atoms. The zero-order valence-corrected chi connectivity index (χ0v) is 16.6. The summed E-state index contributed by atoms with van der Waals surface area (Å²) in [6, 6.07) is 15.8. The SMILES string of the molecule is COc1ccccc1OCc1ccc(C(=O)NCCc2ccc(OC(F)(F)F)cc2)o1. The Morgan fingerprint density at radius 1 is 1.00 bits per heavy atom. The number of rotatable bonds is 9. The maximum atomic E-state index is 12.2. The molecule has 0 aliphatic rings. The molecule has 1 heterocycles. The molecule has 2 aromatic carbocycles. The van der Waals surface area contributed by atoms with Crippen molar-refractivity contribution < 1.29 is 36.6 Å². The number of amides is 1. The Bertz CT molecular complexity index is 999. The van der Waals surface area contributed by atoms with Gasteiger partial charge in [0.2, 0.25) is 0 Å². The number of carbonyl (C=O) groups is 1. The lowest BCUT2D eigenvalue weighted by atomic mass is 10.1. The number of methoxy groups -OCH3 is 1. The standard InChI is InChI=1S/C22H20F3NO5/c1-28-18-4-2-3-5-19(18)29-14-17-10-11-20(30-17)21(27)26-13-12-15-6-8-16(9-7-15)31-22(23,24)25/h2-11H,12-14H2,1H3,(H,26,27). The molecule has 9 heteroatoms. The third kappa shape index (κ3) is 6.70. The highest BCUT2D eigenvalue weighted by Gasteiger charge is 2.30. The number of carbonyl (C=O) groups excluding carboxylic acids is 1. The van der Waals surface area contributed by atoms with Crippen LogP contribution in [0.4, 0.5) is 13.2 Å². The fraction of sp³-hybridized carbons (Fsp3) is 0.227. The van der Waals surface area contributed by atoms with Crippen molar-refractivity contribution in [3.63, 3.8) is 0 Å². The Morgan fingerprint density at radius 3 is 2.39 bits per heavy atom. The molecule has 1 amide bonds. The van der Waals surface area contributed by atoms with Crippen molar-refractivity contribution in [2.45, 2.75) is 19.4 Å². The van der Waals surface area contributed by atoms with E-state index in [-0.39, 0.29) is 24.7 Å². The quantitative estimate of drug-likeness (QED) is 0.526. The molecule has 0 atom stereocenters. The number of ether oxygens (including phenoxy) is 3. The largest absolute Gasteiger partial charge is 0.573 e. The van der Waals surface area contributed by atoms with E-state index in [0.29, 0.717) is 23.7 Å². The average molecular weight is 435 g/mol. The Kier molecular flexibility index (Phi) is 7.07. The zero-order valence-electron chi connectivity index (χ0n) is 16.6. The van der Waals surface area contributed by atoms with E-state index in [4.69, 9.17) is 13.9 Å². The van der Waals surface area contributed by atoms with Crippen LogP contribution in [0.15, 0.2) is 65.1 Å². The molecule has 0 aliphatic heterocycles. The first-order chi connectivity index (χ1) is 14.8. The smallest absolute Gasteiger partial charge is 0.493 e. The molecule has 0 aliphatic carbocycles. The van der Waals surface area contributed by atoms with E-state index in [1.807, 2.05) is 12.1 Å². The lowest BCUT2D eigenvalue weighted by molar-refractivity contribution is -0.274. The van der Waals surface area contributed by atoms with Gasteiger partial charge in [0, 0.05) is 6.54 Å². The van der Waals surface area contributed by atoms with Gasteiger partial charge in [0.15, 0.2) is 17.3 Å². The third-order valence-corrected chi connectivity index (χ3v) is 4.18. The van der Waals surface area contributed by atoms with Crippen LogP contribution in [0.1, 0.15) is 21.9 Å². The van der Waals surface area contributed by atoms with Crippen LogP contribution in [0.3, 0.4) is 0 Å². The van der Waals surface area contributed by atoms with E-state index >= 15 is 0 Å². The molecule has 0 saturated heterocycles. The van der Waals surface area contributed by atoms with Gasteiger partial charge in [-0.1, -0.05) is 24.3 Å². The molecular weight excluding hydrogens is 415 g/mol. The number of benzene rings is 2. The summed E-state index contributed by atoms with van der Waals surface area (Å²) >= 11 is 0. The van der Waals surface area contributed by atoms with Gasteiger partial charge < -0.3 is 23.9 Å². The molecule has 0 unspecified atom stereocenters. The van der Waals surface area contributed by atoms with Crippen molar-refractivity contribution in [3.05, 3.63) is 77.7 Å². The minimum atomic E-state index is -4.73. The molecular formula is C22H20F3NO5. The highest BCUT2D eigenvalue weighted by molar-refractivity contribution is 5.91. The normalized spacial score (nSPS) is 11.1. The number of halogens is 3. The zero-order chi connectivity index (χ0) is 22.3. The minimum Gasteiger partial charge on any atom is -0.493 e. The molecule has 0 spiro atoms. The van der Waals surface area contributed by atoms with E-state index in [1.54, 1.807) is 31.4 Å². The first-order valence-corrected chi connectivity index (χ1v) is 9.31. The van der Waals surface area contributed by atoms with Crippen LogP contribution < -0.4 is 19.5 Å². The monoisotopic (exact) mass is 435 g/mol. The molecule has 0 fully saturated rings. The van der Waals surface area contributed by atoms with Crippen molar-refractivity contribution in [1.29, 1.82) is 0 Å². The van der Waals surface area contributed by atoms with E-state index in [2.05, 4.69) is 10.1 Å². The van der Waals surface area contributed by atoms with Crippen molar-refractivity contribution in [1.82, 2.24) is 5.32 Å². The summed E-state index contributed by atoms with van der Waals surface area (Å²) in [6.45, 7) is 0.409. The first kappa shape index (κ1) is 22.1. The second-order valence-corrected chi connectivity index (χ2v) is 6.40. The highest BCUT2D eigenvalue weighted by Crippen LogP contribution is 2.27. The summed E-state index contributed by atoms with van der Waals surface area (Å²) in [5.41, 5.74) is 0.750. The number of para-hydroxylation sites is 2. The summed E-state index contributed by atoms with van der Waals surface area (Å²) in [5, 5.41) is 2.70. The van der Waals surface area contributed by atoms with Crippen molar-refractivity contribution >= 4 is 5.91 Å². The fourth-order valence-electron chi connectivity index (χ4n) is 2.73.